The van der Waals surface area contributed by atoms with E-state index in [2.05, 4.69) is 0 Å². The molecule has 0 radical (unpaired) electrons. The second-order valence-corrected chi connectivity index (χ2v) is 3.36. The zero-order valence-electron chi connectivity index (χ0n) is 9.06. The minimum absolute atomic E-state index is 0.143. The molecule has 0 aromatic rings. The Balaban J connectivity index is 3.97. The number of ether oxygens (including phenoxy) is 1. The van der Waals surface area contributed by atoms with Gasteiger partial charge in [0.1, 0.15) is 6.10 Å². The molecule has 84 valence electrons. The number of aliphatic hydroxyl groups is 1. The summed E-state index contributed by atoms with van der Waals surface area (Å²) in [5.74, 6) is -0.143. The Hall–Kier alpha value is -0.650. The van der Waals surface area contributed by atoms with Crippen LogP contribution in [0.25, 0.3) is 0 Å². The first-order valence-corrected chi connectivity index (χ1v) is 4.68. The maximum atomic E-state index is 11.6. The minimum Gasteiger partial charge on any atom is -0.393 e. The van der Waals surface area contributed by atoms with Crippen molar-refractivity contribution in [2.75, 3.05) is 27.2 Å². The van der Waals surface area contributed by atoms with Crippen LogP contribution in [0.15, 0.2) is 0 Å². The van der Waals surface area contributed by atoms with Crippen molar-refractivity contribution in [3.05, 3.63) is 0 Å². The van der Waals surface area contributed by atoms with Gasteiger partial charge in [0.05, 0.1) is 6.10 Å². The molecule has 5 heteroatoms. The third-order valence-corrected chi connectivity index (χ3v) is 2.03. The Morgan fingerprint density at radius 2 is 2.21 bits per heavy atom. The molecule has 0 rings (SSSR count). The second kappa shape index (κ2) is 6.75. The lowest BCUT2D eigenvalue weighted by molar-refractivity contribution is -0.140. The molecule has 0 bridgehead atoms. The van der Waals surface area contributed by atoms with Gasteiger partial charge in [0.25, 0.3) is 5.91 Å². The summed E-state index contributed by atoms with van der Waals surface area (Å²) in [5.41, 5.74) is 5.36. The second-order valence-electron chi connectivity index (χ2n) is 3.36. The maximum Gasteiger partial charge on any atom is 0.252 e. The largest absolute Gasteiger partial charge is 0.393 e. The summed E-state index contributed by atoms with van der Waals surface area (Å²) in [5, 5.41) is 9.04. The molecule has 2 unspecified atom stereocenters. The SMILES string of the molecule is COC(CN)C(=O)N(C)CCC(C)O. The normalized spacial score (nSPS) is 14.9. The smallest absolute Gasteiger partial charge is 0.252 e. The number of carbonyl (C=O) groups excluding carboxylic acids is 1. The number of likely N-dealkylation sites (N-methyl/N-ethyl adjacent to an activating group) is 1. The number of nitrogens with two attached hydrogens (primary N) is 1. The van der Waals surface area contributed by atoms with E-state index in [0.717, 1.165) is 0 Å². The van der Waals surface area contributed by atoms with Gasteiger partial charge in [-0.2, -0.15) is 0 Å². The molecular formula is C9H20N2O3. The van der Waals surface area contributed by atoms with Crippen molar-refractivity contribution < 1.29 is 14.6 Å². The van der Waals surface area contributed by atoms with Crippen molar-refractivity contribution >= 4 is 5.91 Å². The van der Waals surface area contributed by atoms with E-state index in [1.165, 1.54) is 12.0 Å². The van der Waals surface area contributed by atoms with Gasteiger partial charge in [-0.15, -0.1) is 0 Å². The molecule has 2 atom stereocenters. The summed E-state index contributed by atoms with van der Waals surface area (Å²) >= 11 is 0. The van der Waals surface area contributed by atoms with E-state index in [1.807, 2.05) is 0 Å². The predicted molar refractivity (Wildman–Crippen MR) is 53.8 cm³/mol. The fourth-order valence-corrected chi connectivity index (χ4v) is 1.03. The van der Waals surface area contributed by atoms with Gasteiger partial charge in [0.15, 0.2) is 0 Å². The summed E-state index contributed by atoms with van der Waals surface area (Å²) < 4.78 is 4.91. The van der Waals surface area contributed by atoms with Gasteiger partial charge in [-0.1, -0.05) is 0 Å². The van der Waals surface area contributed by atoms with Crippen molar-refractivity contribution in [1.82, 2.24) is 4.90 Å². The summed E-state index contributed by atoms with van der Waals surface area (Å²) in [7, 11) is 3.13. The van der Waals surface area contributed by atoms with Crippen molar-refractivity contribution in [2.24, 2.45) is 5.73 Å². The number of methoxy groups -OCH3 is 1. The molecule has 0 aromatic heterocycles. The van der Waals surface area contributed by atoms with Crippen molar-refractivity contribution in [3.63, 3.8) is 0 Å². The Morgan fingerprint density at radius 3 is 2.57 bits per heavy atom. The molecule has 0 heterocycles. The van der Waals surface area contributed by atoms with Gasteiger partial charge < -0.3 is 20.5 Å². The first kappa shape index (κ1) is 13.4. The number of nitrogens with zero attached hydrogens (tertiary/aromatic N) is 1. The summed E-state index contributed by atoms with van der Waals surface area (Å²) in [4.78, 5) is 13.1. The number of hydrogen-bond acceptors (Lipinski definition) is 4. The lowest BCUT2D eigenvalue weighted by Crippen LogP contribution is -2.42. The standard InChI is InChI=1S/C9H20N2O3/c1-7(12)4-5-11(2)9(13)8(6-10)14-3/h7-8,12H,4-6,10H2,1-3H3. The van der Waals surface area contributed by atoms with E-state index in [9.17, 15) is 4.79 Å². The first-order valence-electron chi connectivity index (χ1n) is 4.68. The molecule has 0 aliphatic carbocycles. The lowest BCUT2D eigenvalue weighted by Gasteiger charge is -2.22. The van der Waals surface area contributed by atoms with Crippen molar-refractivity contribution in [1.29, 1.82) is 0 Å². The Labute approximate surface area is 84.8 Å². The van der Waals surface area contributed by atoms with E-state index >= 15 is 0 Å². The van der Waals surface area contributed by atoms with Crippen LogP contribution in [0.4, 0.5) is 0 Å². The van der Waals surface area contributed by atoms with Crippen LogP contribution in [0.5, 0.6) is 0 Å². The van der Waals surface area contributed by atoms with E-state index < -0.39 is 12.2 Å². The molecule has 0 aliphatic heterocycles. The molecular weight excluding hydrogens is 184 g/mol. The summed E-state index contributed by atoms with van der Waals surface area (Å²) in [6, 6.07) is 0. The van der Waals surface area contributed by atoms with Gasteiger partial charge in [-0.05, 0) is 13.3 Å². The first-order chi connectivity index (χ1) is 6.52. The molecule has 1 amide bonds. The van der Waals surface area contributed by atoms with E-state index in [-0.39, 0.29) is 12.5 Å². The van der Waals surface area contributed by atoms with Crippen LogP contribution >= 0.6 is 0 Å². The highest BCUT2D eigenvalue weighted by Crippen LogP contribution is 1.98. The highest BCUT2D eigenvalue weighted by atomic mass is 16.5. The lowest BCUT2D eigenvalue weighted by atomic mass is 10.2. The van der Waals surface area contributed by atoms with Crippen LogP contribution in [-0.4, -0.2) is 55.4 Å². The van der Waals surface area contributed by atoms with Crippen LogP contribution in [0.1, 0.15) is 13.3 Å². The van der Waals surface area contributed by atoms with E-state index in [0.29, 0.717) is 13.0 Å². The fraction of sp³-hybridized carbons (Fsp3) is 0.889. The number of carbonyl (C=O) groups is 1. The zero-order chi connectivity index (χ0) is 11.1. The van der Waals surface area contributed by atoms with E-state index in [4.69, 9.17) is 15.6 Å². The summed E-state index contributed by atoms with van der Waals surface area (Å²) in [6.45, 7) is 2.37. The number of amides is 1. The summed E-state index contributed by atoms with van der Waals surface area (Å²) in [6.07, 6.45) is -0.415. The number of aliphatic hydroxyl groups excluding tert-OH is 1. The Bertz CT molecular complexity index is 169. The fourth-order valence-electron chi connectivity index (χ4n) is 1.03. The minimum atomic E-state index is -0.575. The third-order valence-electron chi connectivity index (χ3n) is 2.03. The van der Waals surface area contributed by atoms with Crippen LogP contribution in [0.2, 0.25) is 0 Å². The van der Waals surface area contributed by atoms with Crippen LogP contribution in [0.3, 0.4) is 0 Å². The molecule has 14 heavy (non-hydrogen) atoms. The Morgan fingerprint density at radius 1 is 1.64 bits per heavy atom. The molecule has 0 aromatic carbocycles. The molecule has 3 N–H and O–H groups in total. The van der Waals surface area contributed by atoms with Crippen LogP contribution in [-0.2, 0) is 9.53 Å². The zero-order valence-corrected chi connectivity index (χ0v) is 9.06. The van der Waals surface area contributed by atoms with Gasteiger partial charge in [-0.25, -0.2) is 0 Å². The predicted octanol–water partition coefficient (Wildman–Crippen LogP) is -0.811. The van der Waals surface area contributed by atoms with E-state index in [1.54, 1.807) is 14.0 Å². The third kappa shape index (κ3) is 4.55. The molecule has 0 saturated carbocycles. The van der Waals surface area contributed by atoms with Crippen LogP contribution in [0, 0.1) is 0 Å². The van der Waals surface area contributed by atoms with Crippen molar-refractivity contribution in [3.8, 4) is 0 Å². The molecule has 0 saturated heterocycles. The molecule has 0 aliphatic rings. The molecule has 0 spiro atoms. The Kier molecular flexibility index (Phi) is 6.44. The highest BCUT2D eigenvalue weighted by Gasteiger charge is 2.19. The topological polar surface area (TPSA) is 75.8 Å². The van der Waals surface area contributed by atoms with Gasteiger partial charge in [-0.3, -0.25) is 4.79 Å². The maximum absolute atomic E-state index is 11.6. The number of hydrogen-bond donors (Lipinski definition) is 2. The van der Waals surface area contributed by atoms with Crippen molar-refractivity contribution in [2.45, 2.75) is 25.6 Å². The van der Waals surface area contributed by atoms with Gasteiger partial charge >= 0.3 is 0 Å². The average molecular weight is 204 g/mol. The van der Waals surface area contributed by atoms with Gasteiger partial charge in [0.2, 0.25) is 0 Å². The molecule has 0 fully saturated rings. The highest BCUT2D eigenvalue weighted by molar-refractivity contribution is 5.80. The van der Waals surface area contributed by atoms with Crippen LogP contribution < -0.4 is 5.73 Å². The van der Waals surface area contributed by atoms with Gasteiger partial charge in [0, 0.05) is 27.2 Å². The number of rotatable bonds is 6. The molecule has 5 nitrogen and oxygen atoms in total. The average Bonchev–Trinajstić information content (AvgIpc) is 2.15. The monoisotopic (exact) mass is 204 g/mol. The quantitative estimate of drug-likeness (QED) is 0.593.